The summed E-state index contributed by atoms with van der Waals surface area (Å²) in [6, 6.07) is 13.8. The van der Waals surface area contributed by atoms with Crippen LogP contribution in [0.25, 0.3) is 5.70 Å². The third-order valence-corrected chi connectivity index (χ3v) is 3.93. The van der Waals surface area contributed by atoms with Crippen LogP contribution in [0.1, 0.15) is 17.2 Å². The van der Waals surface area contributed by atoms with Crippen molar-refractivity contribution in [3.8, 4) is 5.75 Å². The topological polar surface area (TPSA) is 64.9 Å². The lowest BCUT2D eigenvalue weighted by Gasteiger charge is -2.23. The molecule has 1 aliphatic heterocycles. The van der Waals surface area contributed by atoms with E-state index in [4.69, 9.17) is 4.74 Å². The molecule has 0 spiro atoms. The molecule has 0 amide bonds. The highest BCUT2D eigenvalue weighted by molar-refractivity contribution is 5.77. The number of rotatable bonds is 3. The quantitative estimate of drug-likeness (QED) is 0.803. The Hall–Kier alpha value is -3.22. The Labute approximate surface area is 137 Å². The van der Waals surface area contributed by atoms with Gasteiger partial charge in [0.25, 0.3) is 0 Å². The first-order valence-electron chi connectivity index (χ1n) is 7.42. The first-order chi connectivity index (χ1) is 11.8. The second-order valence-electron chi connectivity index (χ2n) is 5.35. The van der Waals surface area contributed by atoms with Crippen molar-refractivity contribution in [2.45, 2.75) is 6.04 Å². The van der Waals surface area contributed by atoms with Crippen molar-refractivity contribution >= 4 is 11.6 Å². The molecule has 24 heavy (non-hydrogen) atoms. The van der Waals surface area contributed by atoms with Gasteiger partial charge in [-0.15, -0.1) is 0 Å². The van der Waals surface area contributed by atoms with Gasteiger partial charge in [0.1, 0.15) is 17.6 Å². The van der Waals surface area contributed by atoms with Gasteiger partial charge in [0, 0.05) is 16.8 Å². The summed E-state index contributed by atoms with van der Waals surface area (Å²) in [6.07, 6.45) is 1.90. The minimum absolute atomic E-state index is 0.299. The number of aromatic nitrogens is 4. The van der Waals surface area contributed by atoms with Crippen LogP contribution in [0.5, 0.6) is 5.75 Å². The molecule has 4 rings (SSSR count). The second kappa shape index (κ2) is 5.77. The first-order valence-corrected chi connectivity index (χ1v) is 7.42. The molecule has 2 aromatic carbocycles. The van der Waals surface area contributed by atoms with Crippen LogP contribution in [-0.4, -0.2) is 27.3 Å². The van der Waals surface area contributed by atoms with Crippen molar-refractivity contribution in [1.82, 2.24) is 20.2 Å². The lowest BCUT2D eigenvalue weighted by atomic mass is 10.0. The molecule has 0 saturated heterocycles. The molecule has 2 heterocycles. The van der Waals surface area contributed by atoms with E-state index < -0.39 is 6.04 Å². The van der Waals surface area contributed by atoms with E-state index in [9.17, 15) is 4.39 Å². The standard InChI is InChI=1S/C17H14FN5O/c1-24-12-6-4-5-11(9-12)15-10-16(13-7-2-3-8-14(13)18)23-17(19-15)20-21-22-23/h2-10,16H,1H3,(H,19,20,22). The predicted octanol–water partition coefficient (Wildman–Crippen LogP) is 2.88. The normalized spacial score (nSPS) is 16.1. The van der Waals surface area contributed by atoms with Gasteiger partial charge in [0.15, 0.2) is 0 Å². The van der Waals surface area contributed by atoms with E-state index in [-0.39, 0.29) is 5.82 Å². The number of fused-ring (bicyclic) bond motifs is 1. The van der Waals surface area contributed by atoms with Crippen LogP contribution < -0.4 is 10.1 Å². The molecular weight excluding hydrogens is 309 g/mol. The number of nitrogens with zero attached hydrogens (tertiary/aromatic N) is 4. The fourth-order valence-corrected chi connectivity index (χ4v) is 2.75. The SMILES string of the molecule is COc1cccc(C2=CC(c3ccccc3F)n3nnnc3N2)c1. The Bertz CT molecular complexity index is 921. The van der Waals surface area contributed by atoms with Crippen molar-refractivity contribution in [2.24, 2.45) is 0 Å². The van der Waals surface area contributed by atoms with Crippen LogP contribution in [-0.2, 0) is 0 Å². The van der Waals surface area contributed by atoms with Gasteiger partial charge in [0.2, 0.25) is 5.95 Å². The van der Waals surface area contributed by atoms with E-state index in [1.165, 1.54) is 6.07 Å². The summed E-state index contributed by atoms with van der Waals surface area (Å²) in [5.74, 6) is 0.901. The molecule has 3 aromatic rings. The van der Waals surface area contributed by atoms with Gasteiger partial charge >= 0.3 is 0 Å². The summed E-state index contributed by atoms with van der Waals surface area (Å²) in [6.45, 7) is 0. The van der Waals surface area contributed by atoms with Gasteiger partial charge in [-0.3, -0.25) is 0 Å². The number of tetrazole rings is 1. The van der Waals surface area contributed by atoms with E-state index in [0.29, 0.717) is 11.5 Å². The van der Waals surface area contributed by atoms with Crippen molar-refractivity contribution in [3.63, 3.8) is 0 Å². The molecule has 0 saturated carbocycles. The first kappa shape index (κ1) is 14.4. The Morgan fingerprint density at radius 3 is 2.88 bits per heavy atom. The predicted molar refractivity (Wildman–Crippen MR) is 86.9 cm³/mol. The van der Waals surface area contributed by atoms with Crippen molar-refractivity contribution in [3.05, 3.63) is 71.6 Å². The molecule has 6 nitrogen and oxygen atoms in total. The maximum atomic E-state index is 14.3. The molecule has 7 heteroatoms. The molecule has 1 unspecified atom stereocenters. The Balaban J connectivity index is 1.83. The van der Waals surface area contributed by atoms with E-state index >= 15 is 0 Å². The third kappa shape index (κ3) is 2.40. The van der Waals surface area contributed by atoms with E-state index in [0.717, 1.165) is 17.0 Å². The maximum Gasteiger partial charge on any atom is 0.248 e. The van der Waals surface area contributed by atoms with Crippen molar-refractivity contribution in [1.29, 1.82) is 0 Å². The number of allylic oxidation sites excluding steroid dienone is 1. The second-order valence-corrected chi connectivity index (χ2v) is 5.35. The van der Waals surface area contributed by atoms with Gasteiger partial charge in [0.05, 0.1) is 7.11 Å². The smallest absolute Gasteiger partial charge is 0.248 e. The Morgan fingerprint density at radius 1 is 1.17 bits per heavy atom. The molecule has 1 aliphatic rings. The summed E-state index contributed by atoms with van der Waals surface area (Å²) >= 11 is 0. The van der Waals surface area contributed by atoms with Crippen LogP contribution in [0.2, 0.25) is 0 Å². The number of benzene rings is 2. The molecule has 1 aromatic heterocycles. The Morgan fingerprint density at radius 2 is 2.04 bits per heavy atom. The van der Waals surface area contributed by atoms with Crippen LogP contribution in [0, 0.1) is 5.82 Å². The number of nitrogens with one attached hydrogen (secondary N) is 1. The van der Waals surface area contributed by atoms with E-state index in [1.807, 2.05) is 30.3 Å². The number of anilines is 1. The fraction of sp³-hybridized carbons (Fsp3) is 0.118. The number of hydrogen-bond donors (Lipinski definition) is 1. The summed E-state index contributed by atoms with van der Waals surface area (Å²) < 4.78 is 21.1. The number of hydrogen-bond acceptors (Lipinski definition) is 5. The molecule has 1 N–H and O–H groups in total. The summed E-state index contributed by atoms with van der Waals surface area (Å²) in [5.41, 5.74) is 2.21. The molecule has 0 fully saturated rings. The highest BCUT2D eigenvalue weighted by Gasteiger charge is 2.26. The fourth-order valence-electron chi connectivity index (χ4n) is 2.75. The van der Waals surface area contributed by atoms with Gasteiger partial charge in [-0.1, -0.05) is 35.4 Å². The van der Waals surface area contributed by atoms with Crippen LogP contribution in [0.4, 0.5) is 10.3 Å². The van der Waals surface area contributed by atoms with Crippen LogP contribution in [0.3, 0.4) is 0 Å². The molecule has 0 radical (unpaired) electrons. The number of halogens is 1. The van der Waals surface area contributed by atoms with Gasteiger partial charge in [-0.05, 0) is 34.7 Å². The summed E-state index contributed by atoms with van der Waals surface area (Å²) in [4.78, 5) is 0. The van der Waals surface area contributed by atoms with Gasteiger partial charge in [-0.25, -0.2) is 4.39 Å². The van der Waals surface area contributed by atoms with Crippen LogP contribution >= 0.6 is 0 Å². The van der Waals surface area contributed by atoms with Gasteiger partial charge < -0.3 is 10.1 Å². The third-order valence-electron chi connectivity index (χ3n) is 3.93. The molecule has 120 valence electrons. The zero-order chi connectivity index (χ0) is 16.5. The molecule has 0 bridgehead atoms. The average molecular weight is 323 g/mol. The van der Waals surface area contributed by atoms with E-state index in [2.05, 4.69) is 20.8 Å². The monoisotopic (exact) mass is 323 g/mol. The lowest BCUT2D eigenvalue weighted by Crippen LogP contribution is -2.21. The molecule has 0 aliphatic carbocycles. The zero-order valence-electron chi connectivity index (χ0n) is 12.8. The Kier molecular flexibility index (Phi) is 3.45. The highest BCUT2D eigenvalue weighted by atomic mass is 19.1. The zero-order valence-corrected chi connectivity index (χ0v) is 12.8. The minimum Gasteiger partial charge on any atom is -0.497 e. The van der Waals surface area contributed by atoms with Crippen LogP contribution in [0.15, 0.2) is 54.6 Å². The van der Waals surface area contributed by atoms with E-state index in [1.54, 1.807) is 30.0 Å². The maximum absolute atomic E-state index is 14.3. The summed E-state index contributed by atoms with van der Waals surface area (Å²) in [7, 11) is 1.62. The minimum atomic E-state index is -0.432. The van der Waals surface area contributed by atoms with Crippen molar-refractivity contribution in [2.75, 3.05) is 12.4 Å². The number of ether oxygens (including phenoxy) is 1. The largest absolute Gasteiger partial charge is 0.497 e. The van der Waals surface area contributed by atoms with Gasteiger partial charge in [-0.2, -0.15) is 4.68 Å². The molecule has 1 atom stereocenters. The average Bonchev–Trinajstić information content (AvgIpc) is 3.10. The molecular formula is C17H14FN5O. The summed E-state index contributed by atoms with van der Waals surface area (Å²) in [5, 5.41) is 14.8. The number of methoxy groups -OCH3 is 1. The lowest BCUT2D eigenvalue weighted by molar-refractivity contribution is 0.414. The van der Waals surface area contributed by atoms with Crippen molar-refractivity contribution < 1.29 is 9.13 Å². The highest BCUT2D eigenvalue weighted by Crippen LogP contribution is 2.33.